The minimum absolute atomic E-state index is 0.148. The number of nitrogens with zero attached hydrogens (tertiary/aromatic N) is 3. The topological polar surface area (TPSA) is 133 Å². The second-order valence-corrected chi connectivity index (χ2v) is 10.4. The van der Waals surface area contributed by atoms with E-state index in [9.17, 15) is 15.0 Å². The van der Waals surface area contributed by atoms with Crippen molar-refractivity contribution in [2.24, 2.45) is 0 Å². The van der Waals surface area contributed by atoms with Crippen LogP contribution in [0.1, 0.15) is 6.23 Å². The van der Waals surface area contributed by atoms with Gasteiger partial charge in [0.05, 0.1) is 6.61 Å². The Morgan fingerprint density at radius 1 is 1.43 bits per heavy atom. The number of hydrogen-bond donors (Lipinski definition) is 3. The molecule has 2 rings (SSSR count). The SMILES string of the molecule is C[Si](C)(C)OC[C@H]1O[C@@H](n2cnc(N)nc2=O)[C@H](O)[C@@H]1O. The maximum absolute atomic E-state index is 11.7. The lowest BCUT2D eigenvalue weighted by molar-refractivity contribution is -0.0529. The van der Waals surface area contributed by atoms with Gasteiger partial charge in [-0.05, 0) is 19.6 Å². The van der Waals surface area contributed by atoms with Crippen LogP contribution in [0.2, 0.25) is 19.6 Å². The van der Waals surface area contributed by atoms with Gasteiger partial charge in [-0.15, -0.1) is 0 Å². The third-order valence-corrected chi connectivity index (χ3v) is 4.07. The summed E-state index contributed by atoms with van der Waals surface area (Å²) in [5.41, 5.74) is 4.60. The summed E-state index contributed by atoms with van der Waals surface area (Å²) in [5.74, 6) is -0.164. The van der Waals surface area contributed by atoms with Gasteiger partial charge in [0, 0.05) is 0 Å². The average Bonchev–Trinajstić information content (AvgIpc) is 2.64. The molecule has 0 aromatic carbocycles. The molecule has 1 saturated heterocycles. The van der Waals surface area contributed by atoms with Gasteiger partial charge in [0.25, 0.3) is 0 Å². The van der Waals surface area contributed by atoms with E-state index in [-0.39, 0.29) is 12.6 Å². The Labute approximate surface area is 122 Å². The van der Waals surface area contributed by atoms with Gasteiger partial charge in [0.1, 0.15) is 24.6 Å². The van der Waals surface area contributed by atoms with Crippen molar-refractivity contribution in [1.29, 1.82) is 0 Å². The molecule has 0 radical (unpaired) electrons. The van der Waals surface area contributed by atoms with Crippen molar-refractivity contribution in [2.45, 2.75) is 44.2 Å². The van der Waals surface area contributed by atoms with Crippen LogP contribution < -0.4 is 11.4 Å². The number of aromatic nitrogens is 3. The van der Waals surface area contributed by atoms with Gasteiger partial charge in [0.15, 0.2) is 14.5 Å². The molecule has 0 saturated carbocycles. The lowest BCUT2D eigenvalue weighted by atomic mass is 10.1. The smallest absolute Gasteiger partial charge is 0.354 e. The summed E-state index contributed by atoms with van der Waals surface area (Å²) >= 11 is 0. The molecule has 1 aromatic heterocycles. The van der Waals surface area contributed by atoms with E-state index in [1.165, 1.54) is 0 Å². The van der Waals surface area contributed by atoms with Crippen LogP contribution in [0.15, 0.2) is 11.1 Å². The fourth-order valence-corrected chi connectivity index (χ4v) is 2.62. The quantitative estimate of drug-likeness (QED) is 0.583. The summed E-state index contributed by atoms with van der Waals surface area (Å²) < 4.78 is 12.2. The van der Waals surface area contributed by atoms with Crippen molar-refractivity contribution < 1.29 is 19.4 Å². The van der Waals surface area contributed by atoms with E-state index in [1.54, 1.807) is 0 Å². The van der Waals surface area contributed by atoms with Crippen LogP contribution in [-0.2, 0) is 9.16 Å². The zero-order valence-electron chi connectivity index (χ0n) is 12.1. The highest BCUT2D eigenvalue weighted by Crippen LogP contribution is 2.28. The molecule has 0 unspecified atom stereocenters. The first-order valence-corrected chi connectivity index (χ1v) is 9.96. The summed E-state index contributed by atoms with van der Waals surface area (Å²) in [5, 5.41) is 20.0. The molecule has 0 aliphatic carbocycles. The Morgan fingerprint density at radius 3 is 2.67 bits per heavy atom. The third-order valence-electron chi connectivity index (χ3n) is 3.04. The lowest BCUT2D eigenvalue weighted by Gasteiger charge is -2.21. The van der Waals surface area contributed by atoms with Crippen LogP contribution in [0.25, 0.3) is 0 Å². The molecular weight excluding hydrogens is 296 g/mol. The summed E-state index contributed by atoms with van der Waals surface area (Å²) in [6.07, 6.45) is -3.09. The van der Waals surface area contributed by atoms with Crippen LogP contribution in [0, 0.1) is 0 Å². The first-order valence-electron chi connectivity index (χ1n) is 6.55. The lowest BCUT2D eigenvalue weighted by Crippen LogP contribution is -2.38. The van der Waals surface area contributed by atoms with Crippen LogP contribution in [0.4, 0.5) is 5.95 Å². The minimum atomic E-state index is -1.78. The van der Waals surface area contributed by atoms with E-state index in [2.05, 4.69) is 9.97 Å². The fraction of sp³-hybridized carbons (Fsp3) is 0.727. The Balaban J connectivity index is 2.14. The Morgan fingerprint density at radius 2 is 2.10 bits per heavy atom. The van der Waals surface area contributed by atoms with Crippen molar-refractivity contribution in [3.05, 3.63) is 16.8 Å². The molecule has 10 heteroatoms. The van der Waals surface area contributed by atoms with E-state index >= 15 is 0 Å². The molecule has 0 spiro atoms. The average molecular weight is 316 g/mol. The maximum atomic E-state index is 11.7. The van der Waals surface area contributed by atoms with Crippen molar-refractivity contribution in [3.8, 4) is 0 Å². The molecule has 1 aliphatic heterocycles. The molecule has 2 heterocycles. The summed E-state index contributed by atoms with van der Waals surface area (Å²) in [6, 6.07) is 0. The zero-order chi connectivity index (χ0) is 15.8. The van der Waals surface area contributed by atoms with E-state index < -0.39 is 38.5 Å². The molecular formula is C11H20N4O5Si. The summed E-state index contributed by atoms with van der Waals surface area (Å²) in [6.45, 7) is 6.15. The van der Waals surface area contributed by atoms with Crippen LogP contribution in [-0.4, -0.2) is 58.0 Å². The van der Waals surface area contributed by atoms with E-state index in [1.807, 2.05) is 19.6 Å². The molecule has 4 N–H and O–H groups in total. The minimum Gasteiger partial charge on any atom is -0.415 e. The van der Waals surface area contributed by atoms with Crippen molar-refractivity contribution in [3.63, 3.8) is 0 Å². The van der Waals surface area contributed by atoms with Crippen molar-refractivity contribution in [2.75, 3.05) is 12.3 Å². The first-order chi connectivity index (χ1) is 9.69. The largest absolute Gasteiger partial charge is 0.415 e. The number of nitrogens with two attached hydrogens (primary N) is 1. The number of nitrogen functional groups attached to an aromatic ring is 1. The van der Waals surface area contributed by atoms with Crippen molar-refractivity contribution >= 4 is 14.3 Å². The van der Waals surface area contributed by atoms with Gasteiger partial charge >= 0.3 is 5.69 Å². The molecule has 21 heavy (non-hydrogen) atoms. The number of aliphatic hydroxyl groups is 2. The van der Waals surface area contributed by atoms with Crippen LogP contribution in [0.3, 0.4) is 0 Å². The standard InChI is InChI=1S/C11H20N4O5Si/c1-21(2,3)19-4-6-7(16)8(17)9(20-6)15-5-13-10(12)14-11(15)18/h5-9,16-17H,4H2,1-3H3,(H2,12,14,18)/t6-,7-,8-,9-/m1/s1. The molecule has 1 fully saturated rings. The monoisotopic (exact) mass is 316 g/mol. The van der Waals surface area contributed by atoms with E-state index in [0.717, 1.165) is 10.9 Å². The Bertz CT molecular complexity index is 560. The second kappa shape index (κ2) is 5.81. The summed E-state index contributed by atoms with van der Waals surface area (Å²) in [7, 11) is -1.78. The number of anilines is 1. The fourth-order valence-electron chi connectivity index (χ4n) is 1.96. The zero-order valence-corrected chi connectivity index (χ0v) is 13.1. The van der Waals surface area contributed by atoms with Crippen LogP contribution >= 0.6 is 0 Å². The van der Waals surface area contributed by atoms with Gasteiger partial charge in [-0.1, -0.05) is 0 Å². The van der Waals surface area contributed by atoms with E-state index in [4.69, 9.17) is 14.9 Å². The number of hydrogen-bond acceptors (Lipinski definition) is 8. The van der Waals surface area contributed by atoms with Crippen molar-refractivity contribution in [1.82, 2.24) is 14.5 Å². The molecule has 1 aromatic rings. The second-order valence-electron chi connectivity index (χ2n) is 5.87. The highest BCUT2D eigenvalue weighted by molar-refractivity contribution is 6.69. The Hall–Kier alpha value is -1.33. The molecule has 118 valence electrons. The number of ether oxygens (including phenoxy) is 1. The highest BCUT2D eigenvalue weighted by Gasteiger charge is 2.44. The molecule has 0 amide bonds. The predicted molar refractivity (Wildman–Crippen MR) is 75.9 cm³/mol. The van der Waals surface area contributed by atoms with Gasteiger partial charge < -0.3 is 25.1 Å². The van der Waals surface area contributed by atoms with Gasteiger partial charge in [-0.25, -0.2) is 9.78 Å². The van der Waals surface area contributed by atoms with Gasteiger partial charge in [-0.3, -0.25) is 4.57 Å². The van der Waals surface area contributed by atoms with Crippen LogP contribution in [0.5, 0.6) is 0 Å². The molecule has 9 nitrogen and oxygen atoms in total. The summed E-state index contributed by atoms with van der Waals surface area (Å²) in [4.78, 5) is 18.9. The number of rotatable bonds is 4. The Kier molecular flexibility index (Phi) is 4.44. The third kappa shape index (κ3) is 3.65. The van der Waals surface area contributed by atoms with Gasteiger partial charge in [0.2, 0.25) is 5.95 Å². The number of aliphatic hydroxyl groups excluding tert-OH is 2. The molecule has 1 aliphatic rings. The molecule has 4 atom stereocenters. The molecule has 0 bridgehead atoms. The van der Waals surface area contributed by atoms with E-state index in [0.29, 0.717) is 0 Å². The first kappa shape index (κ1) is 16.0. The highest BCUT2D eigenvalue weighted by atomic mass is 28.4. The predicted octanol–water partition coefficient (Wildman–Crippen LogP) is -1.31. The maximum Gasteiger partial charge on any atom is 0.354 e. The normalized spacial score (nSPS) is 29.8. The van der Waals surface area contributed by atoms with Gasteiger partial charge in [-0.2, -0.15) is 4.98 Å².